The summed E-state index contributed by atoms with van der Waals surface area (Å²) in [4.78, 5) is 24.5. The average molecular weight is 467 g/mol. The van der Waals surface area contributed by atoms with E-state index in [1.54, 1.807) is 30.3 Å². The van der Waals surface area contributed by atoms with Gasteiger partial charge in [-0.05, 0) is 60.2 Å². The first-order chi connectivity index (χ1) is 14.5. The molecule has 0 aromatic carbocycles. The number of nitrogens with zero attached hydrogens (tertiary/aromatic N) is 2. The summed E-state index contributed by atoms with van der Waals surface area (Å²) in [6, 6.07) is 2.22. The number of halogens is 3. The summed E-state index contributed by atoms with van der Waals surface area (Å²) in [5, 5.41) is 11.5. The van der Waals surface area contributed by atoms with Crippen LogP contribution in [0.1, 0.15) is 24.8 Å². The molecule has 31 heavy (non-hydrogen) atoms. The van der Waals surface area contributed by atoms with E-state index in [2.05, 4.69) is 21.7 Å². The Hall–Kier alpha value is -1.69. The fourth-order valence-corrected chi connectivity index (χ4v) is 4.24. The number of rotatable bonds is 6. The highest BCUT2D eigenvalue weighted by Crippen LogP contribution is 2.42. The molecule has 3 heterocycles. The van der Waals surface area contributed by atoms with E-state index in [1.807, 2.05) is 0 Å². The van der Waals surface area contributed by atoms with Crippen molar-refractivity contribution in [2.24, 2.45) is 5.41 Å². The second kappa shape index (κ2) is 11.3. The first kappa shape index (κ1) is 25.6. The van der Waals surface area contributed by atoms with Gasteiger partial charge in [0.15, 0.2) is 0 Å². The topological polar surface area (TPSA) is 79.3 Å². The van der Waals surface area contributed by atoms with E-state index in [0.717, 1.165) is 32.7 Å². The third-order valence-corrected chi connectivity index (χ3v) is 6.19. The number of aliphatic carboxylic acids is 1. The lowest BCUT2D eigenvalue weighted by atomic mass is 9.76. The number of carboxylic acids is 1. The fraction of sp³-hybridized carbons (Fsp3) is 0.700. The van der Waals surface area contributed by atoms with Gasteiger partial charge in [0.25, 0.3) is 0 Å². The number of ether oxygens (including phenoxy) is 2. The second-order valence-corrected chi connectivity index (χ2v) is 8.93. The average Bonchev–Trinajstić information content (AvgIpc) is 3.34. The van der Waals surface area contributed by atoms with Gasteiger partial charge in [-0.2, -0.15) is 24.5 Å². The Morgan fingerprint density at radius 3 is 2.52 bits per heavy atom. The van der Waals surface area contributed by atoms with Crippen LogP contribution in [-0.2, 0) is 25.6 Å². The maximum Gasteiger partial charge on any atom is 0.490 e. The predicted octanol–water partition coefficient (Wildman–Crippen LogP) is 2.86. The first-order valence-electron chi connectivity index (χ1n) is 9.94. The molecule has 1 unspecified atom stereocenters. The third kappa shape index (κ3) is 8.40. The van der Waals surface area contributed by atoms with Crippen molar-refractivity contribution in [3.8, 4) is 0 Å². The molecule has 2 aliphatic rings. The molecule has 1 N–H and O–H groups in total. The van der Waals surface area contributed by atoms with Crippen molar-refractivity contribution in [1.29, 1.82) is 0 Å². The molecule has 1 spiro atoms. The van der Waals surface area contributed by atoms with E-state index in [-0.39, 0.29) is 18.6 Å². The van der Waals surface area contributed by atoms with Crippen molar-refractivity contribution in [2.75, 3.05) is 47.0 Å². The third-order valence-electron chi connectivity index (χ3n) is 5.46. The number of carbonyl (C=O) groups excluding carboxylic acids is 1. The number of alkyl halides is 3. The standard InChI is InChI=1S/C18H28N2O3S.C2HF3O2/c1-19(2)17(21)12-22-11-16-9-18(14-23-16)4-6-20(7-5-18)10-15-3-8-24-13-15;3-2(4,5)1(6)7/h3,8,13,16H,4-7,9-12,14H2,1-2H3;(H,6,7). The van der Waals surface area contributed by atoms with Gasteiger partial charge < -0.3 is 19.5 Å². The predicted molar refractivity (Wildman–Crippen MR) is 109 cm³/mol. The Morgan fingerprint density at radius 2 is 2.00 bits per heavy atom. The normalized spacial score (nSPS) is 20.9. The lowest BCUT2D eigenvalue weighted by Gasteiger charge is -2.38. The number of hydrogen-bond acceptors (Lipinski definition) is 6. The second-order valence-electron chi connectivity index (χ2n) is 8.15. The molecule has 7 nitrogen and oxygen atoms in total. The highest BCUT2D eigenvalue weighted by Gasteiger charge is 2.42. The molecular weight excluding hydrogens is 437 g/mol. The first-order valence-corrected chi connectivity index (χ1v) is 10.9. The monoisotopic (exact) mass is 466 g/mol. The Bertz CT molecular complexity index is 704. The number of likely N-dealkylation sites (tertiary alicyclic amines) is 1. The molecule has 1 aromatic rings. The number of carboxylic acid groups (broad SMARTS) is 1. The Labute approximate surface area is 183 Å². The Balaban J connectivity index is 0.000000423. The molecule has 176 valence electrons. The van der Waals surface area contributed by atoms with Crippen LogP contribution < -0.4 is 0 Å². The van der Waals surface area contributed by atoms with E-state index < -0.39 is 12.1 Å². The smallest absolute Gasteiger partial charge is 0.475 e. The molecule has 11 heteroatoms. The SMILES string of the molecule is CN(C)C(=O)COCC1CC2(CCN(Cc3ccsc3)CC2)CO1.O=C(O)C(F)(F)F. The number of hydrogen-bond donors (Lipinski definition) is 1. The van der Waals surface area contributed by atoms with Crippen molar-refractivity contribution in [1.82, 2.24) is 9.80 Å². The number of thiophene rings is 1. The van der Waals surface area contributed by atoms with Crippen LogP contribution in [0.4, 0.5) is 13.2 Å². The molecule has 0 radical (unpaired) electrons. The number of carbonyl (C=O) groups is 2. The van der Waals surface area contributed by atoms with Gasteiger partial charge in [0, 0.05) is 20.6 Å². The molecule has 2 saturated heterocycles. The van der Waals surface area contributed by atoms with E-state index in [0.29, 0.717) is 12.0 Å². The highest BCUT2D eigenvalue weighted by molar-refractivity contribution is 7.07. The number of amides is 1. The van der Waals surface area contributed by atoms with Crippen molar-refractivity contribution >= 4 is 23.2 Å². The zero-order valence-electron chi connectivity index (χ0n) is 17.7. The van der Waals surface area contributed by atoms with Gasteiger partial charge in [0.1, 0.15) is 6.61 Å². The minimum Gasteiger partial charge on any atom is -0.475 e. The minimum atomic E-state index is -5.08. The van der Waals surface area contributed by atoms with Crippen molar-refractivity contribution in [3.63, 3.8) is 0 Å². The van der Waals surface area contributed by atoms with Crippen LogP contribution in [0, 0.1) is 5.41 Å². The highest BCUT2D eigenvalue weighted by atomic mass is 32.1. The van der Waals surface area contributed by atoms with Crippen LogP contribution in [0.15, 0.2) is 16.8 Å². The van der Waals surface area contributed by atoms with Crippen LogP contribution in [0.5, 0.6) is 0 Å². The number of piperidine rings is 1. The zero-order chi connectivity index (χ0) is 23.1. The Morgan fingerprint density at radius 1 is 1.35 bits per heavy atom. The van der Waals surface area contributed by atoms with Crippen LogP contribution in [-0.4, -0.2) is 86.1 Å². The summed E-state index contributed by atoms with van der Waals surface area (Å²) in [5.41, 5.74) is 1.75. The molecule has 3 rings (SSSR count). The van der Waals surface area contributed by atoms with E-state index >= 15 is 0 Å². The van der Waals surface area contributed by atoms with Crippen LogP contribution >= 0.6 is 11.3 Å². The lowest BCUT2D eigenvalue weighted by molar-refractivity contribution is -0.192. The molecule has 0 aliphatic carbocycles. The van der Waals surface area contributed by atoms with Gasteiger partial charge in [-0.15, -0.1) is 0 Å². The summed E-state index contributed by atoms with van der Waals surface area (Å²) in [6.45, 7) is 4.88. The van der Waals surface area contributed by atoms with Crippen LogP contribution in [0.2, 0.25) is 0 Å². The maximum atomic E-state index is 11.5. The number of likely N-dealkylation sites (N-methyl/N-ethyl adjacent to an activating group) is 1. The maximum absolute atomic E-state index is 11.5. The molecule has 1 atom stereocenters. The van der Waals surface area contributed by atoms with Crippen molar-refractivity contribution < 1.29 is 37.3 Å². The van der Waals surface area contributed by atoms with Crippen molar-refractivity contribution in [3.05, 3.63) is 22.4 Å². The van der Waals surface area contributed by atoms with E-state index in [1.165, 1.54) is 18.4 Å². The van der Waals surface area contributed by atoms with Gasteiger partial charge in [-0.25, -0.2) is 4.79 Å². The van der Waals surface area contributed by atoms with Gasteiger partial charge >= 0.3 is 12.1 Å². The summed E-state index contributed by atoms with van der Waals surface area (Å²) in [7, 11) is 3.49. The van der Waals surface area contributed by atoms with E-state index in [9.17, 15) is 18.0 Å². The summed E-state index contributed by atoms with van der Waals surface area (Å²) in [5.74, 6) is -2.75. The molecular formula is C20H29F3N2O5S. The van der Waals surface area contributed by atoms with Crippen LogP contribution in [0.25, 0.3) is 0 Å². The largest absolute Gasteiger partial charge is 0.490 e. The molecule has 0 bridgehead atoms. The summed E-state index contributed by atoms with van der Waals surface area (Å²) < 4.78 is 43.2. The molecule has 1 amide bonds. The fourth-order valence-electron chi connectivity index (χ4n) is 3.58. The quantitative estimate of drug-likeness (QED) is 0.695. The van der Waals surface area contributed by atoms with Gasteiger partial charge in [0.2, 0.25) is 5.91 Å². The molecule has 0 saturated carbocycles. The lowest BCUT2D eigenvalue weighted by Crippen LogP contribution is -2.40. The summed E-state index contributed by atoms with van der Waals surface area (Å²) in [6.07, 6.45) is -1.48. The molecule has 2 aliphatic heterocycles. The van der Waals surface area contributed by atoms with Gasteiger partial charge in [-0.1, -0.05) is 0 Å². The van der Waals surface area contributed by atoms with E-state index in [4.69, 9.17) is 19.4 Å². The zero-order valence-corrected chi connectivity index (χ0v) is 18.5. The summed E-state index contributed by atoms with van der Waals surface area (Å²) >= 11 is 1.77. The van der Waals surface area contributed by atoms with Gasteiger partial charge in [0.05, 0.1) is 19.3 Å². The molecule has 1 aromatic heterocycles. The Kier molecular flexibility index (Phi) is 9.28. The van der Waals surface area contributed by atoms with Crippen LogP contribution in [0.3, 0.4) is 0 Å². The minimum absolute atomic E-state index is 0.00412. The molecule has 2 fully saturated rings. The van der Waals surface area contributed by atoms with Crippen molar-refractivity contribution in [2.45, 2.75) is 38.1 Å². The van der Waals surface area contributed by atoms with Gasteiger partial charge in [-0.3, -0.25) is 9.69 Å².